The van der Waals surface area contributed by atoms with Gasteiger partial charge in [0.05, 0.1) is 29.3 Å². The van der Waals surface area contributed by atoms with Gasteiger partial charge in [-0.3, -0.25) is 4.79 Å². The van der Waals surface area contributed by atoms with Gasteiger partial charge in [0.1, 0.15) is 0 Å². The number of nitrogens with one attached hydrogen (secondary N) is 1. The molecule has 0 heterocycles. The van der Waals surface area contributed by atoms with E-state index in [2.05, 4.69) is 9.46 Å². The summed E-state index contributed by atoms with van der Waals surface area (Å²) in [5, 5.41) is 0. The predicted molar refractivity (Wildman–Crippen MR) is 70.9 cm³/mol. The minimum atomic E-state index is -1.20. The van der Waals surface area contributed by atoms with Gasteiger partial charge in [0.2, 0.25) is 0 Å². The van der Waals surface area contributed by atoms with Crippen molar-refractivity contribution in [3.63, 3.8) is 0 Å². The van der Waals surface area contributed by atoms with Crippen LogP contribution in [0.2, 0.25) is 0 Å². The molecule has 0 saturated carbocycles. The number of carbonyl (C=O) groups is 1. The number of hydrogen-bond acceptors (Lipinski definition) is 3. The minimum Gasteiger partial charge on any atom is -0.469 e. The fraction of sp³-hybridized carbons (Fsp3) is 0.917. The van der Waals surface area contributed by atoms with Gasteiger partial charge >= 0.3 is 5.97 Å². The van der Waals surface area contributed by atoms with E-state index < -0.39 is 16.5 Å². The first kappa shape index (κ1) is 16.6. The Bertz CT molecular complexity index is 297. The molecule has 0 bridgehead atoms. The Hall–Kier alpha value is -0.420. The van der Waals surface area contributed by atoms with Crippen molar-refractivity contribution in [1.29, 1.82) is 0 Å². The highest BCUT2D eigenvalue weighted by Gasteiger charge is 2.35. The molecule has 0 rings (SSSR count). The van der Waals surface area contributed by atoms with Crippen molar-refractivity contribution in [2.24, 2.45) is 5.92 Å². The van der Waals surface area contributed by atoms with Crippen LogP contribution in [0.15, 0.2) is 0 Å². The van der Waals surface area contributed by atoms with Gasteiger partial charge in [-0.15, -0.1) is 0 Å². The lowest BCUT2D eigenvalue weighted by molar-refractivity contribution is -0.142. The molecule has 0 fully saturated rings. The second-order valence-electron chi connectivity index (χ2n) is 5.81. The lowest BCUT2D eigenvalue weighted by atomic mass is 9.86. The fourth-order valence-electron chi connectivity index (χ4n) is 1.09. The van der Waals surface area contributed by atoms with Crippen LogP contribution in [-0.2, 0) is 20.5 Å². The summed E-state index contributed by atoms with van der Waals surface area (Å²) in [6, 6.07) is 0. The van der Waals surface area contributed by atoms with Crippen LogP contribution in [0.3, 0.4) is 0 Å². The highest BCUT2D eigenvalue weighted by atomic mass is 32.2. The molecular weight excluding hydrogens is 238 g/mol. The van der Waals surface area contributed by atoms with Crippen LogP contribution in [0.1, 0.15) is 48.0 Å². The molecule has 0 amide bonds. The maximum Gasteiger partial charge on any atom is 0.307 e. The largest absolute Gasteiger partial charge is 0.469 e. The average Bonchev–Trinajstić information content (AvgIpc) is 2.15. The lowest BCUT2D eigenvalue weighted by Gasteiger charge is -2.35. The first-order valence-corrected chi connectivity index (χ1v) is 6.94. The fourth-order valence-corrected chi connectivity index (χ4v) is 2.13. The number of hydrogen-bond donors (Lipinski definition) is 1. The van der Waals surface area contributed by atoms with Gasteiger partial charge in [-0.05, 0) is 33.6 Å². The standard InChI is InChI=1S/C12H25NO3S/c1-9(2)12(6,8-10(14)16-7)13-17(15)11(3,4)5/h9,13H,8H2,1-7H3/t12-,17+/m0/s1. The summed E-state index contributed by atoms with van der Waals surface area (Å²) in [4.78, 5) is 11.4. The molecule has 17 heavy (non-hydrogen) atoms. The molecule has 0 saturated heterocycles. The zero-order chi connectivity index (χ0) is 13.9. The van der Waals surface area contributed by atoms with Crippen LogP contribution < -0.4 is 4.72 Å². The quantitative estimate of drug-likeness (QED) is 0.772. The molecule has 0 aromatic rings. The zero-order valence-corrected chi connectivity index (χ0v) is 12.7. The first-order valence-electron chi connectivity index (χ1n) is 5.79. The molecule has 1 N–H and O–H groups in total. The second kappa shape index (κ2) is 5.96. The Morgan fingerprint density at radius 2 is 1.76 bits per heavy atom. The second-order valence-corrected chi connectivity index (χ2v) is 7.77. The summed E-state index contributed by atoms with van der Waals surface area (Å²) in [6.07, 6.45) is 0.211. The van der Waals surface area contributed by atoms with E-state index in [0.29, 0.717) is 0 Å². The van der Waals surface area contributed by atoms with Gasteiger partial charge in [0.25, 0.3) is 0 Å². The summed E-state index contributed by atoms with van der Waals surface area (Å²) < 4.78 is 19.5. The molecule has 0 radical (unpaired) electrons. The van der Waals surface area contributed by atoms with Gasteiger partial charge < -0.3 is 4.74 Å². The number of rotatable bonds is 5. The number of ether oxygens (including phenoxy) is 1. The van der Waals surface area contributed by atoms with E-state index in [9.17, 15) is 9.00 Å². The van der Waals surface area contributed by atoms with Crippen LogP contribution >= 0.6 is 0 Å². The topological polar surface area (TPSA) is 55.4 Å². The monoisotopic (exact) mass is 263 g/mol. The summed E-state index contributed by atoms with van der Waals surface area (Å²) in [6.45, 7) is 11.6. The van der Waals surface area contributed by atoms with E-state index in [1.54, 1.807) is 0 Å². The normalized spacial score (nSPS) is 17.6. The highest BCUT2D eigenvalue weighted by molar-refractivity contribution is 7.84. The van der Waals surface area contributed by atoms with E-state index in [1.165, 1.54) is 7.11 Å². The van der Waals surface area contributed by atoms with E-state index >= 15 is 0 Å². The van der Waals surface area contributed by atoms with Crippen molar-refractivity contribution in [2.75, 3.05) is 7.11 Å². The van der Waals surface area contributed by atoms with Crippen LogP contribution in [0.5, 0.6) is 0 Å². The molecule has 0 aromatic heterocycles. The molecule has 0 aliphatic carbocycles. The van der Waals surface area contributed by atoms with E-state index in [1.807, 2.05) is 41.5 Å². The molecule has 102 valence electrons. The van der Waals surface area contributed by atoms with Crippen molar-refractivity contribution < 1.29 is 13.7 Å². The molecule has 0 aliphatic rings. The summed E-state index contributed by atoms with van der Waals surface area (Å²) in [5.74, 6) is -0.118. The van der Waals surface area contributed by atoms with Gasteiger partial charge in [-0.2, -0.15) is 0 Å². The van der Waals surface area contributed by atoms with Gasteiger partial charge in [-0.1, -0.05) is 13.8 Å². The number of carbonyl (C=O) groups excluding carboxylic acids is 1. The van der Waals surface area contributed by atoms with Crippen LogP contribution in [0.4, 0.5) is 0 Å². The molecular formula is C12H25NO3S. The smallest absolute Gasteiger partial charge is 0.307 e. The first-order chi connectivity index (χ1) is 7.53. The Balaban J connectivity index is 4.86. The minimum absolute atomic E-state index is 0.174. The summed E-state index contributed by atoms with van der Waals surface area (Å²) >= 11 is 0. The third kappa shape index (κ3) is 5.17. The molecule has 4 nitrogen and oxygen atoms in total. The van der Waals surface area contributed by atoms with E-state index in [-0.39, 0.29) is 23.1 Å². The molecule has 0 aliphatic heterocycles. The van der Waals surface area contributed by atoms with Crippen molar-refractivity contribution >= 4 is 17.0 Å². The molecule has 2 atom stereocenters. The van der Waals surface area contributed by atoms with Crippen molar-refractivity contribution in [1.82, 2.24) is 4.72 Å². The third-order valence-corrected chi connectivity index (χ3v) is 4.66. The third-order valence-electron chi connectivity index (χ3n) is 2.90. The number of methoxy groups -OCH3 is 1. The Kier molecular flexibility index (Phi) is 5.81. The van der Waals surface area contributed by atoms with Crippen molar-refractivity contribution in [3.05, 3.63) is 0 Å². The van der Waals surface area contributed by atoms with E-state index in [4.69, 9.17) is 0 Å². The Morgan fingerprint density at radius 1 is 1.29 bits per heavy atom. The van der Waals surface area contributed by atoms with Crippen molar-refractivity contribution in [2.45, 2.75) is 58.2 Å². The summed E-state index contributed by atoms with van der Waals surface area (Å²) in [5.41, 5.74) is -0.523. The van der Waals surface area contributed by atoms with Gasteiger partial charge in [0.15, 0.2) is 0 Å². The lowest BCUT2D eigenvalue weighted by Crippen LogP contribution is -2.52. The van der Waals surface area contributed by atoms with E-state index in [0.717, 1.165) is 0 Å². The van der Waals surface area contributed by atoms with Crippen molar-refractivity contribution in [3.8, 4) is 0 Å². The molecule has 5 heteroatoms. The van der Waals surface area contributed by atoms with Crippen LogP contribution in [0.25, 0.3) is 0 Å². The SMILES string of the molecule is COC(=O)C[C@](C)(N[S@](=O)C(C)(C)C)C(C)C. The maximum absolute atomic E-state index is 12.1. The van der Waals surface area contributed by atoms with Crippen LogP contribution in [0, 0.1) is 5.92 Å². The molecule has 0 aromatic carbocycles. The Morgan fingerprint density at radius 3 is 2.06 bits per heavy atom. The number of esters is 1. The summed E-state index contributed by atoms with van der Waals surface area (Å²) in [7, 11) is 0.161. The zero-order valence-electron chi connectivity index (χ0n) is 11.9. The molecule has 0 unspecified atom stereocenters. The van der Waals surface area contributed by atoms with Gasteiger partial charge in [-0.25, -0.2) is 8.93 Å². The average molecular weight is 263 g/mol. The maximum atomic E-state index is 12.1. The Labute approximate surface area is 107 Å². The molecule has 0 spiro atoms. The van der Waals surface area contributed by atoms with Gasteiger partial charge in [0, 0.05) is 5.54 Å². The van der Waals surface area contributed by atoms with Crippen LogP contribution in [-0.4, -0.2) is 27.6 Å². The highest BCUT2D eigenvalue weighted by Crippen LogP contribution is 2.24. The predicted octanol–water partition coefficient (Wildman–Crippen LogP) is 2.02.